The van der Waals surface area contributed by atoms with Crippen LogP contribution in [0.1, 0.15) is 0 Å². The molecule has 1 aliphatic heterocycles. The van der Waals surface area contributed by atoms with E-state index >= 15 is 0 Å². The normalized spacial score (nSPS) is 13.8. The summed E-state index contributed by atoms with van der Waals surface area (Å²) in [6, 6.07) is 5.65. The van der Waals surface area contributed by atoms with E-state index in [2.05, 4.69) is 10.3 Å². The lowest BCUT2D eigenvalue weighted by Crippen LogP contribution is -2.25. The summed E-state index contributed by atoms with van der Waals surface area (Å²) in [4.78, 5) is 14.3. The Labute approximate surface area is 106 Å². The van der Waals surface area contributed by atoms with Gasteiger partial charge in [0.05, 0.1) is 11.4 Å². The van der Waals surface area contributed by atoms with Crippen molar-refractivity contribution in [1.29, 1.82) is 0 Å². The van der Waals surface area contributed by atoms with Gasteiger partial charge in [-0.3, -0.25) is 4.79 Å². The van der Waals surface area contributed by atoms with Gasteiger partial charge in [-0.1, -0.05) is 0 Å². The van der Waals surface area contributed by atoms with E-state index in [1.165, 1.54) is 11.3 Å². The molecule has 0 atom stereocenters. The maximum absolute atomic E-state index is 11.2. The van der Waals surface area contributed by atoms with Crippen molar-refractivity contribution >= 4 is 35.1 Å². The Hall–Kier alpha value is -1.66. The fourth-order valence-corrected chi connectivity index (χ4v) is 2.52. The van der Waals surface area contributed by atoms with Crippen LogP contribution in [0.15, 0.2) is 23.6 Å². The van der Waals surface area contributed by atoms with E-state index in [1.807, 2.05) is 23.6 Å². The Bertz CT molecular complexity index is 645. The van der Waals surface area contributed by atoms with Gasteiger partial charge >= 0.3 is 0 Å². The second-order valence-corrected chi connectivity index (χ2v) is 5.16. The second-order valence-electron chi connectivity index (χ2n) is 3.61. The van der Waals surface area contributed by atoms with Crippen LogP contribution in [0.2, 0.25) is 0 Å². The number of H-pyrrole nitrogens is 1. The van der Waals surface area contributed by atoms with Gasteiger partial charge < -0.3 is 15.0 Å². The zero-order valence-corrected chi connectivity index (χ0v) is 10.3. The summed E-state index contributed by atoms with van der Waals surface area (Å²) in [7, 11) is 0. The van der Waals surface area contributed by atoms with Crippen LogP contribution >= 0.6 is 23.6 Å². The van der Waals surface area contributed by atoms with E-state index in [0.717, 1.165) is 15.2 Å². The molecule has 1 aromatic carbocycles. The third kappa shape index (κ3) is 1.96. The second kappa shape index (κ2) is 3.97. The molecule has 0 saturated carbocycles. The fraction of sp³-hybridized carbons (Fsp3) is 0.0909. The highest BCUT2D eigenvalue weighted by atomic mass is 32.1. The first-order valence-electron chi connectivity index (χ1n) is 4.97. The summed E-state index contributed by atoms with van der Waals surface area (Å²) in [5, 5.41) is 4.73. The van der Waals surface area contributed by atoms with Crippen LogP contribution < -0.4 is 10.1 Å². The van der Waals surface area contributed by atoms with Crippen molar-refractivity contribution in [2.45, 2.75) is 0 Å². The van der Waals surface area contributed by atoms with E-state index in [9.17, 15) is 4.79 Å². The smallest absolute Gasteiger partial charge is 0.262 e. The lowest BCUT2D eigenvalue weighted by molar-refractivity contribution is -0.118. The van der Waals surface area contributed by atoms with E-state index in [0.29, 0.717) is 11.4 Å². The number of aromatic amines is 1. The predicted octanol–water partition coefficient (Wildman–Crippen LogP) is 2.80. The van der Waals surface area contributed by atoms with Crippen LogP contribution in [0.4, 0.5) is 5.69 Å². The molecule has 2 N–H and O–H groups in total. The third-order valence-electron chi connectivity index (χ3n) is 2.44. The molecule has 4 nitrogen and oxygen atoms in total. The monoisotopic (exact) mass is 264 g/mol. The zero-order valence-electron chi connectivity index (χ0n) is 8.65. The maximum Gasteiger partial charge on any atom is 0.262 e. The molecule has 0 unspecified atom stereocenters. The molecule has 3 rings (SSSR count). The van der Waals surface area contributed by atoms with Crippen LogP contribution in [-0.4, -0.2) is 17.5 Å². The Morgan fingerprint density at radius 3 is 3.06 bits per heavy atom. The first-order valence-corrected chi connectivity index (χ1v) is 6.26. The molecule has 86 valence electrons. The number of benzene rings is 1. The van der Waals surface area contributed by atoms with Crippen LogP contribution in [0.5, 0.6) is 5.75 Å². The first kappa shape index (κ1) is 10.5. The van der Waals surface area contributed by atoms with Gasteiger partial charge in [0.15, 0.2) is 10.6 Å². The molecule has 0 radical (unpaired) electrons. The van der Waals surface area contributed by atoms with Gasteiger partial charge in [-0.05, 0) is 30.4 Å². The lowest BCUT2D eigenvalue weighted by atomic mass is 10.1. The van der Waals surface area contributed by atoms with E-state index in [-0.39, 0.29) is 12.5 Å². The van der Waals surface area contributed by atoms with Gasteiger partial charge in [0.1, 0.15) is 5.75 Å². The zero-order chi connectivity index (χ0) is 11.8. The number of carbonyl (C=O) groups excluding carboxylic acids is 1. The molecular weight excluding hydrogens is 256 g/mol. The number of hydrogen-bond acceptors (Lipinski definition) is 4. The summed E-state index contributed by atoms with van der Waals surface area (Å²) in [5.74, 6) is 0.565. The summed E-state index contributed by atoms with van der Waals surface area (Å²) < 4.78 is 6.03. The molecule has 1 aromatic heterocycles. The minimum atomic E-state index is -0.132. The Morgan fingerprint density at radius 2 is 2.29 bits per heavy atom. The number of anilines is 1. The Balaban J connectivity index is 2.06. The van der Waals surface area contributed by atoms with Crippen LogP contribution in [0.25, 0.3) is 11.3 Å². The van der Waals surface area contributed by atoms with Gasteiger partial charge in [-0.25, -0.2) is 0 Å². The van der Waals surface area contributed by atoms with Crippen LogP contribution in [0.3, 0.4) is 0 Å². The van der Waals surface area contributed by atoms with Gasteiger partial charge in [-0.2, -0.15) is 0 Å². The van der Waals surface area contributed by atoms with Gasteiger partial charge in [0, 0.05) is 10.9 Å². The minimum Gasteiger partial charge on any atom is -0.482 e. The molecule has 2 heterocycles. The summed E-state index contributed by atoms with van der Waals surface area (Å²) in [5.41, 5.74) is 2.62. The number of ether oxygens (including phenoxy) is 1. The number of nitrogens with one attached hydrogen (secondary N) is 2. The van der Waals surface area contributed by atoms with Gasteiger partial charge in [0.2, 0.25) is 0 Å². The molecule has 0 bridgehead atoms. The summed E-state index contributed by atoms with van der Waals surface area (Å²) >= 11 is 6.52. The number of thiazole rings is 1. The molecule has 1 amide bonds. The number of amides is 1. The van der Waals surface area contributed by atoms with Crippen molar-refractivity contribution in [3.05, 3.63) is 27.5 Å². The van der Waals surface area contributed by atoms with Crippen LogP contribution in [0, 0.1) is 3.95 Å². The molecule has 0 aliphatic carbocycles. The molecule has 0 saturated heterocycles. The molecule has 1 aliphatic rings. The Morgan fingerprint density at radius 1 is 1.41 bits per heavy atom. The average molecular weight is 264 g/mol. The Kier molecular flexibility index (Phi) is 2.45. The maximum atomic E-state index is 11.2. The summed E-state index contributed by atoms with van der Waals surface area (Å²) in [6.07, 6.45) is 0. The van der Waals surface area contributed by atoms with Crippen LogP contribution in [-0.2, 0) is 4.79 Å². The quantitative estimate of drug-likeness (QED) is 0.779. The van der Waals surface area contributed by atoms with Gasteiger partial charge in [0.25, 0.3) is 5.91 Å². The molecule has 0 spiro atoms. The number of aromatic nitrogens is 1. The van der Waals surface area contributed by atoms with E-state index in [1.54, 1.807) is 0 Å². The van der Waals surface area contributed by atoms with Crippen molar-refractivity contribution in [3.63, 3.8) is 0 Å². The number of fused-ring (bicyclic) bond motifs is 1. The highest BCUT2D eigenvalue weighted by Crippen LogP contribution is 2.32. The first-order chi connectivity index (χ1) is 8.22. The number of carbonyl (C=O) groups is 1. The molecule has 17 heavy (non-hydrogen) atoms. The number of rotatable bonds is 1. The average Bonchev–Trinajstić information content (AvgIpc) is 2.75. The molecular formula is C11H8N2O2S2. The SMILES string of the molecule is O=C1COc2ccc(-c3csc(=S)[nH]3)cc2N1. The molecule has 0 fully saturated rings. The molecule has 2 aromatic rings. The van der Waals surface area contributed by atoms with Crippen molar-refractivity contribution in [1.82, 2.24) is 4.98 Å². The van der Waals surface area contributed by atoms with Crippen molar-refractivity contribution in [2.75, 3.05) is 11.9 Å². The van der Waals surface area contributed by atoms with E-state index in [4.69, 9.17) is 17.0 Å². The predicted molar refractivity (Wildman–Crippen MR) is 69.1 cm³/mol. The topological polar surface area (TPSA) is 54.1 Å². The van der Waals surface area contributed by atoms with Crippen molar-refractivity contribution in [2.24, 2.45) is 0 Å². The largest absolute Gasteiger partial charge is 0.482 e. The standard InChI is InChI=1S/C11H8N2O2S2/c14-10-4-15-9-2-1-6(3-7(9)12-10)8-5-17-11(16)13-8/h1-3,5H,4H2,(H,12,14)(H,13,16). The third-order valence-corrected chi connectivity index (χ3v) is 3.50. The summed E-state index contributed by atoms with van der Waals surface area (Å²) in [6.45, 7) is 0.0766. The highest BCUT2D eigenvalue weighted by Gasteiger charge is 2.16. The van der Waals surface area contributed by atoms with Crippen molar-refractivity contribution in [3.8, 4) is 17.0 Å². The molecule has 6 heteroatoms. The lowest BCUT2D eigenvalue weighted by Gasteiger charge is -2.18. The highest BCUT2D eigenvalue weighted by molar-refractivity contribution is 7.73. The van der Waals surface area contributed by atoms with Gasteiger partial charge in [-0.15, -0.1) is 11.3 Å². The minimum absolute atomic E-state index is 0.0766. The van der Waals surface area contributed by atoms with Crippen molar-refractivity contribution < 1.29 is 9.53 Å². The number of hydrogen-bond donors (Lipinski definition) is 2. The van der Waals surface area contributed by atoms with E-state index < -0.39 is 0 Å². The fourth-order valence-electron chi connectivity index (χ4n) is 1.67.